The predicted molar refractivity (Wildman–Crippen MR) is 104 cm³/mol. The van der Waals surface area contributed by atoms with Crippen LogP contribution in [0.5, 0.6) is 11.5 Å². The number of nitrogens with one attached hydrogen (secondary N) is 1. The molecule has 7 heteroatoms. The second-order valence-electron chi connectivity index (χ2n) is 5.46. The smallest absolute Gasteiger partial charge is 0.257 e. The van der Waals surface area contributed by atoms with Crippen molar-refractivity contribution in [1.82, 2.24) is 4.98 Å². The number of thiazole rings is 1. The minimum atomic E-state index is -0.252. The molecule has 3 aromatic rings. The SMILES string of the molecule is COc1ccc(C(=O)Nc2ncc(Cc3ccc(Cl)cc3)s2)cc1OC. The first-order chi connectivity index (χ1) is 12.6. The molecule has 26 heavy (non-hydrogen) atoms. The van der Waals surface area contributed by atoms with Gasteiger partial charge in [-0.25, -0.2) is 4.98 Å². The van der Waals surface area contributed by atoms with Crippen LogP contribution in [-0.2, 0) is 6.42 Å². The van der Waals surface area contributed by atoms with Crippen molar-refractivity contribution < 1.29 is 14.3 Å². The third-order valence-electron chi connectivity index (χ3n) is 3.71. The average Bonchev–Trinajstić information content (AvgIpc) is 3.09. The van der Waals surface area contributed by atoms with E-state index in [0.29, 0.717) is 27.2 Å². The van der Waals surface area contributed by atoms with Crippen molar-refractivity contribution in [3.63, 3.8) is 0 Å². The molecule has 3 rings (SSSR count). The topological polar surface area (TPSA) is 60.5 Å². The summed E-state index contributed by atoms with van der Waals surface area (Å²) in [5, 5.41) is 4.07. The molecule has 1 amide bonds. The normalized spacial score (nSPS) is 10.4. The zero-order valence-corrected chi connectivity index (χ0v) is 15.9. The molecule has 0 aliphatic carbocycles. The molecule has 0 fully saturated rings. The third kappa shape index (κ3) is 4.33. The predicted octanol–water partition coefficient (Wildman–Crippen LogP) is 4.66. The van der Waals surface area contributed by atoms with Crippen molar-refractivity contribution in [2.75, 3.05) is 19.5 Å². The average molecular weight is 389 g/mol. The summed E-state index contributed by atoms with van der Waals surface area (Å²) in [5.41, 5.74) is 1.60. The van der Waals surface area contributed by atoms with E-state index in [2.05, 4.69) is 10.3 Å². The highest BCUT2D eigenvalue weighted by Crippen LogP contribution is 2.28. The number of benzene rings is 2. The van der Waals surface area contributed by atoms with Crippen molar-refractivity contribution in [3.05, 3.63) is 69.7 Å². The molecule has 0 aliphatic rings. The zero-order chi connectivity index (χ0) is 18.5. The second-order valence-corrected chi connectivity index (χ2v) is 7.01. The summed E-state index contributed by atoms with van der Waals surface area (Å²) in [5.74, 6) is 0.824. The van der Waals surface area contributed by atoms with Crippen molar-refractivity contribution >= 4 is 34.0 Å². The lowest BCUT2D eigenvalue weighted by atomic mass is 10.1. The molecule has 0 radical (unpaired) electrons. The van der Waals surface area contributed by atoms with Crippen LogP contribution in [0.1, 0.15) is 20.8 Å². The minimum Gasteiger partial charge on any atom is -0.493 e. The van der Waals surface area contributed by atoms with E-state index in [1.165, 1.54) is 18.4 Å². The molecule has 1 N–H and O–H groups in total. The molecular weight excluding hydrogens is 372 g/mol. The Balaban J connectivity index is 1.68. The molecule has 0 saturated carbocycles. The van der Waals surface area contributed by atoms with Crippen LogP contribution in [0.4, 0.5) is 5.13 Å². The lowest BCUT2D eigenvalue weighted by molar-refractivity contribution is 0.102. The number of rotatable bonds is 6. The molecular formula is C19H17ClN2O3S. The first kappa shape index (κ1) is 18.2. The Morgan fingerprint density at radius 3 is 2.54 bits per heavy atom. The maximum Gasteiger partial charge on any atom is 0.257 e. The third-order valence-corrected chi connectivity index (χ3v) is 4.88. The van der Waals surface area contributed by atoms with E-state index < -0.39 is 0 Å². The van der Waals surface area contributed by atoms with Gasteiger partial charge >= 0.3 is 0 Å². The highest BCUT2D eigenvalue weighted by atomic mass is 35.5. The Labute approximate surface area is 160 Å². The first-order valence-corrected chi connectivity index (χ1v) is 9.01. The Bertz CT molecular complexity index is 909. The lowest BCUT2D eigenvalue weighted by Crippen LogP contribution is -2.11. The number of methoxy groups -OCH3 is 2. The number of aromatic nitrogens is 1. The van der Waals surface area contributed by atoms with Gasteiger partial charge in [-0.05, 0) is 35.9 Å². The first-order valence-electron chi connectivity index (χ1n) is 7.81. The van der Waals surface area contributed by atoms with Gasteiger partial charge in [-0.2, -0.15) is 0 Å². The fourth-order valence-corrected chi connectivity index (χ4v) is 3.36. The molecule has 0 atom stereocenters. The van der Waals surface area contributed by atoms with Crippen LogP contribution in [0.3, 0.4) is 0 Å². The van der Waals surface area contributed by atoms with Gasteiger partial charge in [0, 0.05) is 28.1 Å². The van der Waals surface area contributed by atoms with E-state index in [1.807, 2.05) is 24.3 Å². The fourth-order valence-electron chi connectivity index (χ4n) is 2.40. The van der Waals surface area contributed by atoms with Crippen LogP contribution in [0.25, 0.3) is 0 Å². The summed E-state index contributed by atoms with van der Waals surface area (Å²) in [6.45, 7) is 0. The Kier molecular flexibility index (Phi) is 5.75. The number of hydrogen-bond acceptors (Lipinski definition) is 5. The summed E-state index contributed by atoms with van der Waals surface area (Å²) < 4.78 is 10.4. The van der Waals surface area contributed by atoms with Crippen molar-refractivity contribution in [2.24, 2.45) is 0 Å². The van der Waals surface area contributed by atoms with E-state index >= 15 is 0 Å². The van der Waals surface area contributed by atoms with E-state index in [4.69, 9.17) is 21.1 Å². The summed E-state index contributed by atoms with van der Waals surface area (Å²) in [6.07, 6.45) is 2.50. The quantitative estimate of drug-likeness (QED) is 0.667. The van der Waals surface area contributed by atoms with Crippen molar-refractivity contribution in [3.8, 4) is 11.5 Å². The van der Waals surface area contributed by atoms with E-state index in [9.17, 15) is 4.79 Å². The maximum absolute atomic E-state index is 12.4. The summed E-state index contributed by atoms with van der Waals surface area (Å²) in [6, 6.07) is 12.7. The highest BCUT2D eigenvalue weighted by molar-refractivity contribution is 7.15. The van der Waals surface area contributed by atoms with Gasteiger partial charge in [0.25, 0.3) is 5.91 Å². The van der Waals surface area contributed by atoms with Gasteiger partial charge in [0.05, 0.1) is 14.2 Å². The maximum atomic E-state index is 12.4. The number of hydrogen-bond donors (Lipinski definition) is 1. The van der Waals surface area contributed by atoms with Crippen LogP contribution in [0, 0.1) is 0 Å². The Morgan fingerprint density at radius 1 is 1.12 bits per heavy atom. The fraction of sp³-hybridized carbons (Fsp3) is 0.158. The molecule has 2 aromatic carbocycles. The monoisotopic (exact) mass is 388 g/mol. The van der Waals surface area contributed by atoms with Gasteiger partial charge < -0.3 is 9.47 Å². The summed E-state index contributed by atoms with van der Waals surface area (Å²) in [7, 11) is 3.08. The van der Waals surface area contributed by atoms with Crippen molar-refractivity contribution in [1.29, 1.82) is 0 Å². The molecule has 1 aromatic heterocycles. The lowest BCUT2D eigenvalue weighted by Gasteiger charge is -2.09. The number of amides is 1. The van der Waals surface area contributed by atoms with Crippen molar-refractivity contribution in [2.45, 2.75) is 6.42 Å². The van der Waals surface area contributed by atoms with Crippen LogP contribution in [-0.4, -0.2) is 25.1 Å². The molecule has 134 valence electrons. The second kappa shape index (κ2) is 8.21. The number of carbonyl (C=O) groups is 1. The van der Waals surface area contributed by atoms with Gasteiger partial charge in [-0.15, -0.1) is 11.3 Å². The number of anilines is 1. The van der Waals surface area contributed by atoms with E-state index in [0.717, 1.165) is 16.9 Å². The molecule has 0 spiro atoms. The minimum absolute atomic E-state index is 0.252. The Morgan fingerprint density at radius 2 is 1.85 bits per heavy atom. The van der Waals surface area contributed by atoms with Crippen LogP contribution in [0.2, 0.25) is 5.02 Å². The zero-order valence-electron chi connectivity index (χ0n) is 14.3. The molecule has 0 unspecified atom stereocenters. The molecule has 1 heterocycles. The number of carbonyl (C=O) groups excluding carboxylic acids is 1. The van der Waals surface area contributed by atoms with E-state index in [1.54, 1.807) is 31.5 Å². The molecule has 0 aliphatic heterocycles. The van der Waals surface area contributed by atoms with Crippen LogP contribution < -0.4 is 14.8 Å². The van der Waals surface area contributed by atoms with Gasteiger partial charge in [0.1, 0.15) is 0 Å². The molecule has 5 nitrogen and oxygen atoms in total. The summed E-state index contributed by atoms with van der Waals surface area (Å²) >= 11 is 7.34. The molecule has 0 saturated heterocycles. The molecule has 0 bridgehead atoms. The van der Waals surface area contributed by atoms with Crippen LogP contribution >= 0.6 is 22.9 Å². The van der Waals surface area contributed by atoms with E-state index in [-0.39, 0.29) is 5.91 Å². The van der Waals surface area contributed by atoms with Crippen LogP contribution in [0.15, 0.2) is 48.7 Å². The highest BCUT2D eigenvalue weighted by Gasteiger charge is 2.13. The summed E-state index contributed by atoms with van der Waals surface area (Å²) in [4.78, 5) is 17.8. The largest absolute Gasteiger partial charge is 0.493 e. The van der Waals surface area contributed by atoms with Gasteiger partial charge in [-0.1, -0.05) is 23.7 Å². The Hall–Kier alpha value is -2.57. The van der Waals surface area contributed by atoms with Gasteiger partial charge in [0.2, 0.25) is 0 Å². The number of ether oxygens (including phenoxy) is 2. The number of halogens is 1. The van der Waals surface area contributed by atoms with Gasteiger partial charge in [0.15, 0.2) is 16.6 Å². The standard InChI is InChI=1S/C19H17ClN2O3S/c1-24-16-8-5-13(10-17(16)25-2)18(23)22-19-21-11-15(26-19)9-12-3-6-14(20)7-4-12/h3-8,10-11H,9H2,1-2H3,(H,21,22,23). The number of nitrogens with zero attached hydrogens (tertiary/aromatic N) is 1. The van der Waals surface area contributed by atoms with Gasteiger partial charge in [-0.3, -0.25) is 10.1 Å².